The lowest BCUT2D eigenvalue weighted by Crippen LogP contribution is -1.93. The SMILES string of the molecule is COc1cc(C)c([18F])cc1OC. The molecule has 0 aliphatic carbocycles. The van der Waals surface area contributed by atoms with Crippen LogP contribution in [-0.4, -0.2) is 14.2 Å². The monoisotopic (exact) mass is 169 g/mol. The second-order valence-electron chi connectivity index (χ2n) is 2.46. The zero-order chi connectivity index (χ0) is 9.14. The highest BCUT2D eigenvalue weighted by atomic mass is 18.2. The molecule has 0 atom stereocenters. The third kappa shape index (κ3) is 1.49. The molecule has 3 heteroatoms. The van der Waals surface area contributed by atoms with E-state index in [4.69, 9.17) is 9.47 Å². The number of halogens is 1. The molecular weight excluding hydrogens is 158 g/mol. The summed E-state index contributed by atoms with van der Waals surface area (Å²) in [6.07, 6.45) is 0. The maximum Gasteiger partial charge on any atom is 0.163 e. The molecule has 1 aromatic carbocycles. The smallest absolute Gasteiger partial charge is 0.163 e. The summed E-state index contributed by atoms with van der Waals surface area (Å²) < 4.78 is 22.8. The minimum Gasteiger partial charge on any atom is -0.493 e. The summed E-state index contributed by atoms with van der Waals surface area (Å²) in [6, 6.07) is 2.92. The van der Waals surface area contributed by atoms with Crippen molar-refractivity contribution in [1.82, 2.24) is 0 Å². The van der Waals surface area contributed by atoms with Gasteiger partial charge in [-0.2, -0.15) is 0 Å². The van der Waals surface area contributed by atoms with Gasteiger partial charge in [-0.05, 0) is 18.6 Å². The highest BCUT2D eigenvalue weighted by Gasteiger charge is 2.06. The molecule has 0 amide bonds. The fourth-order valence-electron chi connectivity index (χ4n) is 0.956. The van der Waals surface area contributed by atoms with Gasteiger partial charge >= 0.3 is 0 Å². The van der Waals surface area contributed by atoms with Crippen molar-refractivity contribution in [2.75, 3.05) is 14.2 Å². The first-order chi connectivity index (χ1) is 5.69. The molecule has 0 saturated carbocycles. The topological polar surface area (TPSA) is 18.5 Å². The summed E-state index contributed by atoms with van der Waals surface area (Å²) in [5.74, 6) is 0.685. The van der Waals surface area contributed by atoms with E-state index in [1.807, 2.05) is 0 Å². The minimum absolute atomic E-state index is 0.285. The Balaban J connectivity index is 3.19. The molecule has 0 spiro atoms. The van der Waals surface area contributed by atoms with Crippen molar-refractivity contribution in [3.05, 3.63) is 23.5 Å². The van der Waals surface area contributed by atoms with Crippen molar-refractivity contribution in [2.45, 2.75) is 6.92 Å². The van der Waals surface area contributed by atoms with Crippen LogP contribution >= 0.6 is 0 Å². The first-order valence-electron chi connectivity index (χ1n) is 3.57. The van der Waals surface area contributed by atoms with E-state index in [1.54, 1.807) is 13.0 Å². The summed E-state index contributed by atoms with van der Waals surface area (Å²) >= 11 is 0. The Morgan fingerprint density at radius 2 is 1.58 bits per heavy atom. The number of methoxy groups -OCH3 is 2. The second-order valence-corrected chi connectivity index (χ2v) is 2.46. The van der Waals surface area contributed by atoms with E-state index in [-0.39, 0.29) is 5.82 Å². The number of rotatable bonds is 2. The van der Waals surface area contributed by atoms with Crippen LogP contribution in [0, 0.1) is 12.7 Å². The van der Waals surface area contributed by atoms with Crippen LogP contribution in [0.15, 0.2) is 12.1 Å². The molecule has 0 unspecified atom stereocenters. The van der Waals surface area contributed by atoms with Crippen molar-refractivity contribution in [3.8, 4) is 11.5 Å². The van der Waals surface area contributed by atoms with E-state index >= 15 is 0 Å². The van der Waals surface area contributed by atoms with E-state index in [0.29, 0.717) is 17.1 Å². The molecule has 66 valence electrons. The van der Waals surface area contributed by atoms with Crippen LogP contribution in [0.3, 0.4) is 0 Å². The molecular formula is C9H11FO2. The molecule has 0 radical (unpaired) electrons. The molecule has 2 nitrogen and oxygen atoms in total. The fourth-order valence-corrected chi connectivity index (χ4v) is 0.956. The predicted octanol–water partition coefficient (Wildman–Crippen LogP) is 2.15. The first kappa shape index (κ1) is 8.84. The van der Waals surface area contributed by atoms with Gasteiger partial charge < -0.3 is 9.47 Å². The zero-order valence-electron chi connectivity index (χ0n) is 7.35. The highest BCUT2D eigenvalue weighted by Crippen LogP contribution is 2.29. The first-order valence-corrected chi connectivity index (χ1v) is 3.57. The highest BCUT2D eigenvalue weighted by molar-refractivity contribution is 5.43. The van der Waals surface area contributed by atoms with Gasteiger partial charge in [0.15, 0.2) is 11.5 Å². The third-order valence-corrected chi connectivity index (χ3v) is 1.66. The molecule has 0 aliphatic rings. The Hall–Kier alpha value is -1.25. The summed E-state index contributed by atoms with van der Waals surface area (Å²) in [7, 11) is 3.00. The largest absolute Gasteiger partial charge is 0.493 e. The summed E-state index contributed by atoms with van der Waals surface area (Å²) in [6.45, 7) is 1.68. The number of hydrogen-bond donors (Lipinski definition) is 0. The van der Waals surface area contributed by atoms with Crippen LogP contribution in [0.2, 0.25) is 0 Å². The number of hydrogen-bond acceptors (Lipinski definition) is 2. The maximum atomic E-state index is 12.9. The van der Waals surface area contributed by atoms with E-state index in [2.05, 4.69) is 0 Å². The van der Waals surface area contributed by atoms with E-state index < -0.39 is 0 Å². The van der Waals surface area contributed by atoms with Gasteiger partial charge in [0.05, 0.1) is 14.2 Å². The maximum absolute atomic E-state index is 12.9. The van der Waals surface area contributed by atoms with Crippen LogP contribution in [-0.2, 0) is 0 Å². The number of aryl methyl sites for hydroxylation is 1. The van der Waals surface area contributed by atoms with Gasteiger partial charge in [-0.1, -0.05) is 0 Å². The fraction of sp³-hybridized carbons (Fsp3) is 0.333. The summed E-state index contributed by atoms with van der Waals surface area (Å²) in [4.78, 5) is 0. The van der Waals surface area contributed by atoms with Gasteiger partial charge in [-0.15, -0.1) is 0 Å². The molecule has 0 bridgehead atoms. The molecule has 1 rings (SSSR count). The van der Waals surface area contributed by atoms with Crippen LogP contribution in [0.4, 0.5) is 4.39 Å². The zero-order valence-corrected chi connectivity index (χ0v) is 7.35. The van der Waals surface area contributed by atoms with Gasteiger partial charge in [-0.3, -0.25) is 0 Å². The van der Waals surface area contributed by atoms with Crippen LogP contribution in [0.5, 0.6) is 11.5 Å². The van der Waals surface area contributed by atoms with Crippen molar-refractivity contribution in [1.29, 1.82) is 0 Å². The third-order valence-electron chi connectivity index (χ3n) is 1.66. The van der Waals surface area contributed by atoms with E-state index in [0.717, 1.165) is 0 Å². The Morgan fingerprint density at radius 1 is 1.08 bits per heavy atom. The Kier molecular flexibility index (Phi) is 2.53. The summed E-state index contributed by atoms with van der Waals surface area (Å²) in [5.41, 5.74) is 0.549. The van der Waals surface area contributed by atoms with Crippen LogP contribution in [0.1, 0.15) is 5.56 Å². The average molecular weight is 169 g/mol. The van der Waals surface area contributed by atoms with Crippen LogP contribution < -0.4 is 9.47 Å². The van der Waals surface area contributed by atoms with Gasteiger partial charge in [0, 0.05) is 6.07 Å². The van der Waals surface area contributed by atoms with Crippen molar-refractivity contribution in [3.63, 3.8) is 0 Å². The summed E-state index contributed by atoms with van der Waals surface area (Å²) in [5, 5.41) is 0. The van der Waals surface area contributed by atoms with Gasteiger partial charge in [-0.25, -0.2) is 4.39 Å². The molecule has 1 aromatic rings. The second kappa shape index (κ2) is 3.43. The van der Waals surface area contributed by atoms with Gasteiger partial charge in [0.2, 0.25) is 0 Å². The lowest BCUT2D eigenvalue weighted by molar-refractivity contribution is 0.352. The van der Waals surface area contributed by atoms with Crippen LogP contribution in [0.25, 0.3) is 0 Å². The van der Waals surface area contributed by atoms with Crippen molar-refractivity contribution >= 4 is 0 Å². The number of benzene rings is 1. The Morgan fingerprint density at radius 3 is 2.08 bits per heavy atom. The molecule has 0 aromatic heterocycles. The Bertz CT molecular complexity index is 255. The molecule has 0 aliphatic heterocycles. The molecule has 0 saturated heterocycles. The quantitative estimate of drug-likeness (QED) is 0.675. The van der Waals surface area contributed by atoms with Gasteiger partial charge in [0.1, 0.15) is 5.82 Å². The van der Waals surface area contributed by atoms with E-state index in [1.165, 1.54) is 20.3 Å². The van der Waals surface area contributed by atoms with Crippen molar-refractivity contribution in [2.24, 2.45) is 0 Å². The van der Waals surface area contributed by atoms with Crippen molar-refractivity contribution < 1.29 is 13.9 Å². The Labute approximate surface area is 70.9 Å². The number of ether oxygens (including phenoxy) is 2. The van der Waals surface area contributed by atoms with E-state index in [9.17, 15) is 4.39 Å². The standard InChI is InChI=1S/C9H11FO2/c1-6-4-8(11-2)9(12-3)5-7(6)10/h4-5H,1-3H3/i10-1. The van der Waals surface area contributed by atoms with Gasteiger partial charge in [0.25, 0.3) is 0 Å². The predicted molar refractivity (Wildman–Crippen MR) is 44.2 cm³/mol. The molecule has 12 heavy (non-hydrogen) atoms. The molecule has 0 fully saturated rings. The molecule has 0 N–H and O–H groups in total. The minimum atomic E-state index is -0.285. The average Bonchev–Trinajstić information content (AvgIpc) is 2.09. The normalized spacial score (nSPS) is 9.67. The molecule has 0 heterocycles. The lowest BCUT2D eigenvalue weighted by atomic mass is 10.2. The lowest BCUT2D eigenvalue weighted by Gasteiger charge is -2.08.